The molecule has 0 saturated carbocycles. The summed E-state index contributed by atoms with van der Waals surface area (Å²) in [5.41, 5.74) is 2.46. The number of aromatic nitrogens is 2. The number of ether oxygens (including phenoxy) is 1. The van der Waals surface area contributed by atoms with Crippen molar-refractivity contribution < 1.29 is 18.3 Å². The van der Waals surface area contributed by atoms with Crippen LogP contribution in [0.1, 0.15) is 22.5 Å². The first-order chi connectivity index (χ1) is 13.5. The Morgan fingerprint density at radius 1 is 1.14 bits per heavy atom. The maximum absolute atomic E-state index is 13.5. The van der Waals surface area contributed by atoms with E-state index in [1.807, 2.05) is 6.07 Å². The third kappa shape index (κ3) is 4.54. The predicted molar refractivity (Wildman–Crippen MR) is 102 cm³/mol. The van der Waals surface area contributed by atoms with Crippen LogP contribution in [0.5, 0.6) is 5.75 Å². The van der Waals surface area contributed by atoms with Gasteiger partial charge in [-0.1, -0.05) is 12.1 Å². The Morgan fingerprint density at radius 3 is 2.68 bits per heavy atom. The highest BCUT2D eigenvalue weighted by Gasteiger charge is 2.17. The van der Waals surface area contributed by atoms with E-state index in [4.69, 9.17) is 4.74 Å². The zero-order chi connectivity index (χ0) is 20.1. The van der Waals surface area contributed by atoms with Crippen LogP contribution < -0.4 is 4.74 Å². The van der Waals surface area contributed by atoms with Crippen molar-refractivity contribution in [2.24, 2.45) is 0 Å². The van der Waals surface area contributed by atoms with E-state index >= 15 is 0 Å². The van der Waals surface area contributed by atoms with E-state index in [1.54, 1.807) is 19.2 Å². The quantitative estimate of drug-likeness (QED) is 0.667. The fraction of sp³-hybridized carbons (Fsp3) is 0.238. The number of hydrogen-bond acceptors (Lipinski definition) is 3. The molecule has 7 heteroatoms. The normalized spacial score (nSPS) is 10.7. The Bertz CT molecular complexity index is 972. The van der Waals surface area contributed by atoms with Gasteiger partial charge in [-0.05, 0) is 49.2 Å². The number of carbonyl (C=O) groups excluding carboxylic acids is 1. The molecule has 0 spiro atoms. The van der Waals surface area contributed by atoms with Crippen LogP contribution in [0.2, 0.25) is 0 Å². The Kier molecular flexibility index (Phi) is 6.03. The standard InChI is InChI=1S/C21H21F2N3O2/c1-26(21(27)18-12-16(23)8-9-20(18)28-2)10-4-7-17-13-19(25-24-17)14-5-3-6-15(22)11-14/h3,5-6,8-9,11-13H,4,7,10H2,1-2H3,(H,24,25). The first-order valence-corrected chi connectivity index (χ1v) is 8.87. The largest absolute Gasteiger partial charge is 0.496 e. The van der Waals surface area contributed by atoms with Crippen molar-refractivity contribution in [3.8, 4) is 17.0 Å². The summed E-state index contributed by atoms with van der Waals surface area (Å²) in [7, 11) is 3.11. The number of hydrogen-bond donors (Lipinski definition) is 1. The summed E-state index contributed by atoms with van der Waals surface area (Å²) >= 11 is 0. The second kappa shape index (κ2) is 8.65. The van der Waals surface area contributed by atoms with Crippen LogP contribution in [-0.2, 0) is 6.42 Å². The van der Waals surface area contributed by atoms with E-state index in [-0.39, 0.29) is 17.3 Å². The number of aryl methyl sites for hydroxylation is 1. The SMILES string of the molecule is COc1ccc(F)cc1C(=O)N(C)CCCc1cc(-c2cccc(F)c2)n[nH]1. The van der Waals surface area contributed by atoms with Gasteiger partial charge in [0.2, 0.25) is 0 Å². The average Bonchev–Trinajstić information content (AvgIpc) is 3.16. The summed E-state index contributed by atoms with van der Waals surface area (Å²) in [6.07, 6.45) is 1.35. The van der Waals surface area contributed by atoms with E-state index in [0.29, 0.717) is 36.4 Å². The molecule has 0 radical (unpaired) electrons. The molecule has 3 rings (SSSR count). The fourth-order valence-corrected chi connectivity index (χ4v) is 2.95. The lowest BCUT2D eigenvalue weighted by atomic mass is 10.1. The van der Waals surface area contributed by atoms with Crippen LogP contribution in [0.15, 0.2) is 48.5 Å². The summed E-state index contributed by atoms with van der Waals surface area (Å²) in [6.45, 7) is 0.479. The smallest absolute Gasteiger partial charge is 0.257 e. The average molecular weight is 385 g/mol. The lowest BCUT2D eigenvalue weighted by molar-refractivity contribution is 0.0789. The Labute approximate surface area is 161 Å². The molecule has 2 aromatic carbocycles. The van der Waals surface area contributed by atoms with Gasteiger partial charge >= 0.3 is 0 Å². The highest BCUT2D eigenvalue weighted by molar-refractivity contribution is 5.96. The van der Waals surface area contributed by atoms with Crippen LogP contribution >= 0.6 is 0 Å². The monoisotopic (exact) mass is 385 g/mol. The van der Waals surface area contributed by atoms with Crippen LogP contribution in [0.3, 0.4) is 0 Å². The number of H-pyrrole nitrogens is 1. The van der Waals surface area contributed by atoms with Crippen LogP contribution in [0.25, 0.3) is 11.3 Å². The van der Waals surface area contributed by atoms with Crippen LogP contribution in [0.4, 0.5) is 8.78 Å². The van der Waals surface area contributed by atoms with Gasteiger partial charge in [0.25, 0.3) is 5.91 Å². The summed E-state index contributed by atoms with van der Waals surface area (Å²) in [5, 5.41) is 7.15. The summed E-state index contributed by atoms with van der Waals surface area (Å²) in [4.78, 5) is 14.1. The Hall–Kier alpha value is -3.22. The molecule has 5 nitrogen and oxygen atoms in total. The number of amides is 1. The van der Waals surface area contributed by atoms with E-state index in [1.165, 1.54) is 42.3 Å². The molecule has 0 saturated heterocycles. The van der Waals surface area contributed by atoms with E-state index < -0.39 is 5.82 Å². The molecule has 28 heavy (non-hydrogen) atoms. The molecular weight excluding hydrogens is 364 g/mol. The van der Waals surface area contributed by atoms with Crippen molar-refractivity contribution in [2.45, 2.75) is 12.8 Å². The van der Waals surface area contributed by atoms with Gasteiger partial charge in [0, 0.05) is 24.8 Å². The topological polar surface area (TPSA) is 58.2 Å². The molecular formula is C21H21F2N3O2. The molecule has 0 unspecified atom stereocenters. The van der Waals surface area contributed by atoms with Gasteiger partial charge in [-0.25, -0.2) is 8.78 Å². The summed E-state index contributed by atoms with van der Waals surface area (Å²) in [6, 6.07) is 12.0. The minimum absolute atomic E-state index is 0.194. The van der Waals surface area contributed by atoms with Gasteiger partial charge in [-0.15, -0.1) is 0 Å². The second-order valence-corrected chi connectivity index (χ2v) is 6.46. The lowest BCUT2D eigenvalue weighted by Crippen LogP contribution is -2.28. The molecule has 1 amide bonds. The number of methoxy groups -OCH3 is 1. The van der Waals surface area contributed by atoms with Crippen molar-refractivity contribution in [3.05, 3.63) is 71.4 Å². The number of nitrogens with zero attached hydrogens (tertiary/aromatic N) is 2. The highest BCUT2D eigenvalue weighted by Crippen LogP contribution is 2.21. The predicted octanol–water partition coefficient (Wildman–Crippen LogP) is 4.07. The molecule has 1 heterocycles. The summed E-state index contributed by atoms with van der Waals surface area (Å²) < 4.78 is 32.0. The van der Waals surface area contributed by atoms with Crippen molar-refractivity contribution in [1.82, 2.24) is 15.1 Å². The van der Waals surface area contributed by atoms with E-state index in [9.17, 15) is 13.6 Å². The molecule has 0 aliphatic heterocycles. The third-order valence-electron chi connectivity index (χ3n) is 4.43. The van der Waals surface area contributed by atoms with Gasteiger partial charge in [-0.2, -0.15) is 5.10 Å². The molecule has 0 fully saturated rings. The van der Waals surface area contributed by atoms with Crippen molar-refractivity contribution in [3.63, 3.8) is 0 Å². The molecule has 1 aromatic heterocycles. The maximum atomic E-state index is 13.5. The van der Waals surface area contributed by atoms with Gasteiger partial charge in [-0.3, -0.25) is 9.89 Å². The first kappa shape index (κ1) is 19.5. The zero-order valence-corrected chi connectivity index (χ0v) is 15.7. The van der Waals surface area contributed by atoms with Gasteiger partial charge < -0.3 is 9.64 Å². The molecule has 3 aromatic rings. The Balaban J connectivity index is 1.58. The number of nitrogens with one attached hydrogen (secondary N) is 1. The molecule has 0 aliphatic carbocycles. The van der Waals surface area contributed by atoms with Crippen LogP contribution in [-0.4, -0.2) is 41.7 Å². The molecule has 1 N–H and O–H groups in total. The molecule has 0 aliphatic rings. The molecule has 146 valence electrons. The number of rotatable bonds is 7. The fourth-order valence-electron chi connectivity index (χ4n) is 2.95. The molecule has 0 atom stereocenters. The number of carbonyl (C=O) groups is 1. The first-order valence-electron chi connectivity index (χ1n) is 8.87. The third-order valence-corrected chi connectivity index (χ3v) is 4.43. The number of aromatic amines is 1. The van der Waals surface area contributed by atoms with Gasteiger partial charge in [0.1, 0.15) is 17.4 Å². The van der Waals surface area contributed by atoms with Crippen LogP contribution in [0, 0.1) is 11.6 Å². The second-order valence-electron chi connectivity index (χ2n) is 6.46. The van der Waals surface area contributed by atoms with Gasteiger partial charge in [0.15, 0.2) is 0 Å². The van der Waals surface area contributed by atoms with E-state index in [2.05, 4.69) is 10.2 Å². The number of benzene rings is 2. The molecule has 0 bridgehead atoms. The van der Waals surface area contributed by atoms with Crippen molar-refractivity contribution in [1.29, 1.82) is 0 Å². The maximum Gasteiger partial charge on any atom is 0.257 e. The highest BCUT2D eigenvalue weighted by atomic mass is 19.1. The van der Waals surface area contributed by atoms with Crippen molar-refractivity contribution in [2.75, 3.05) is 20.7 Å². The summed E-state index contributed by atoms with van der Waals surface area (Å²) in [5.74, 6) is -0.761. The zero-order valence-electron chi connectivity index (χ0n) is 15.7. The van der Waals surface area contributed by atoms with Gasteiger partial charge in [0.05, 0.1) is 18.4 Å². The number of halogens is 2. The Morgan fingerprint density at radius 2 is 1.93 bits per heavy atom. The lowest BCUT2D eigenvalue weighted by Gasteiger charge is -2.18. The van der Waals surface area contributed by atoms with E-state index in [0.717, 1.165) is 5.69 Å². The van der Waals surface area contributed by atoms with Crippen molar-refractivity contribution >= 4 is 5.91 Å². The minimum Gasteiger partial charge on any atom is -0.496 e. The minimum atomic E-state index is -0.486.